The lowest BCUT2D eigenvalue weighted by Crippen LogP contribution is -2.38. The minimum absolute atomic E-state index is 0.107. The first-order chi connectivity index (χ1) is 17.8. The molecular formula is C24H27F4N7O2. The summed E-state index contributed by atoms with van der Waals surface area (Å²) in [6.07, 6.45) is 1.79. The summed E-state index contributed by atoms with van der Waals surface area (Å²) in [5.74, 6) is -0.801. The van der Waals surface area contributed by atoms with Crippen LogP contribution in [-0.2, 0) is 0 Å². The molecule has 0 amide bonds. The highest BCUT2D eigenvalue weighted by atomic mass is 19.3. The van der Waals surface area contributed by atoms with Crippen molar-refractivity contribution >= 4 is 12.0 Å². The molecule has 3 atom stereocenters. The van der Waals surface area contributed by atoms with E-state index >= 15 is 0 Å². The number of rotatable bonds is 7. The zero-order valence-corrected chi connectivity index (χ0v) is 20.1. The number of ether oxygens (including phenoxy) is 1. The maximum Gasteiger partial charge on any atom is 0.324 e. The third-order valence-corrected chi connectivity index (χ3v) is 7.04. The first-order valence-electron chi connectivity index (χ1n) is 12.1. The molecule has 1 aromatic carbocycles. The molecule has 2 aliphatic rings. The molecule has 0 spiro atoms. The number of hydrogen-bond acceptors (Lipinski definition) is 9. The second kappa shape index (κ2) is 10.5. The van der Waals surface area contributed by atoms with Crippen molar-refractivity contribution in [3.05, 3.63) is 53.6 Å². The van der Waals surface area contributed by atoms with Crippen LogP contribution in [0.2, 0.25) is 0 Å². The molecule has 2 aliphatic heterocycles. The van der Waals surface area contributed by atoms with Crippen LogP contribution in [0.15, 0.2) is 35.1 Å². The van der Waals surface area contributed by atoms with Gasteiger partial charge in [-0.1, -0.05) is 5.16 Å². The fourth-order valence-electron chi connectivity index (χ4n) is 4.97. The van der Waals surface area contributed by atoms with E-state index in [1.165, 1.54) is 6.07 Å². The Labute approximate surface area is 210 Å². The van der Waals surface area contributed by atoms with Crippen molar-refractivity contribution in [3.63, 3.8) is 0 Å². The summed E-state index contributed by atoms with van der Waals surface area (Å²) in [6, 6.07) is 3.10. The Balaban J connectivity index is 1.15. The van der Waals surface area contributed by atoms with Crippen LogP contribution in [0.3, 0.4) is 0 Å². The number of anilines is 2. The predicted octanol–water partition coefficient (Wildman–Crippen LogP) is 3.69. The molecule has 0 saturated carbocycles. The van der Waals surface area contributed by atoms with Crippen LogP contribution in [0, 0.1) is 17.6 Å². The molecule has 2 N–H and O–H groups in total. The lowest BCUT2D eigenvalue weighted by molar-refractivity contribution is 0.130. The second-order valence-corrected chi connectivity index (χ2v) is 9.44. The van der Waals surface area contributed by atoms with Crippen molar-refractivity contribution in [2.75, 3.05) is 36.0 Å². The number of alkyl halides is 2. The van der Waals surface area contributed by atoms with Crippen LogP contribution in [0.1, 0.15) is 43.5 Å². The van der Waals surface area contributed by atoms with Crippen molar-refractivity contribution in [2.45, 2.75) is 44.3 Å². The molecule has 2 saturated heterocycles. The predicted molar refractivity (Wildman–Crippen MR) is 126 cm³/mol. The van der Waals surface area contributed by atoms with Gasteiger partial charge in [0.1, 0.15) is 11.6 Å². The van der Waals surface area contributed by atoms with Crippen LogP contribution in [0.4, 0.5) is 29.5 Å². The third kappa shape index (κ3) is 5.45. The van der Waals surface area contributed by atoms with Gasteiger partial charge in [-0.15, -0.1) is 0 Å². The van der Waals surface area contributed by atoms with Crippen LogP contribution in [0.5, 0.6) is 5.75 Å². The fourth-order valence-corrected chi connectivity index (χ4v) is 4.97. The Hall–Kier alpha value is -3.48. The van der Waals surface area contributed by atoms with Crippen LogP contribution in [-0.4, -0.2) is 58.4 Å². The first kappa shape index (κ1) is 25.2. The summed E-state index contributed by atoms with van der Waals surface area (Å²) in [6.45, 7) is 3.92. The number of benzene rings is 1. The highest BCUT2D eigenvalue weighted by molar-refractivity contribution is 5.39. The van der Waals surface area contributed by atoms with Crippen LogP contribution < -0.4 is 20.3 Å². The topological polar surface area (TPSA) is 106 Å². The lowest BCUT2D eigenvalue weighted by atomic mass is 9.92. The molecule has 0 aliphatic carbocycles. The van der Waals surface area contributed by atoms with Gasteiger partial charge in [-0.25, -0.2) is 27.5 Å². The monoisotopic (exact) mass is 521 g/mol. The number of aromatic nitrogens is 4. The maximum absolute atomic E-state index is 14.3. The van der Waals surface area contributed by atoms with Crippen molar-refractivity contribution in [1.82, 2.24) is 20.1 Å². The molecule has 2 aromatic heterocycles. The summed E-state index contributed by atoms with van der Waals surface area (Å²) in [5, 5.41) is 3.31. The molecule has 0 radical (unpaired) electrons. The van der Waals surface area contributed by atoms with E-state index < -0.39 is 29.9 Å². The summed E-state index contributed by atoms with van der Waals surface area (Å²) >= 11 is 0. The first-order valence-corrected chi connectivity index (χ1v) is 12.1. The standard InChI is InChI=1S/C24H27F4N7O2/c1-13(14-4-6-34(7-5-14)24-32-22(21(27)28)33-37-24)36-16-9-30-23(31-10-16)35-11-18(20(29)12-35)17-8-15(25)2-3-19(17)26/h2-3,8-10,13-14,18,20-21H,4-7,11-12,29H2,1H3/t13-,18+,20-/m0/s1. The third-order valence-electron chi connectivity index (χ3n) is 7.04. The molecule has 3 aromatic rings. The minimum Gasteiger partial charge on any atom is -0.487 e. The van der Waals surface area contributed by atoms with E-state index in [0.29, 0.717) is 37.9 Å². The Kier molecular flexibility index (Phi) is 7.13. The van der Waals surface area contributed by atoms with Crippen LogP contribution in [0.25, 0.3) is 0 Å². The second-order valence-electron chi connectivity index (χ2n) is 9.44. The summed E-state index contributed by atoms with van der Waals surface area (Å²) < 4.78 is 64.3. The summed E-state index contributed by atoms with van der Waals surface area (Å²) in [4.78, 5) is 16.2. The molecule has 0 unspecified atom stereocenters. The van der Waals surface area contributed by atoms with Crippen LogP contribution >= 0.6 is 0 Å². The number of nitrogens with zero attached hydrogens (tertiary/aromatic N) is 6. The maximum atomic E-state index is 14.3. The fraction of sp³-hybridized carbons (Fsp3) is 0.500. The average Bonchev–Trinajstić information content (AvgIpc) is 3.54. The van der Waals surface area contributed by atoms with E-state index in [1.54, 1.807) is 17.3 Å². The smallest absolute Gasteiger partial charge is 0.324 e. The normalized spacial score (nSPS) is 21.6. The van der Waals surface area contributed by atoms with Crippen molar-refractivity contribution in [3.8, 4) is 5.75 Å². The van der Waals surface area contributed by atoms with Gasteiger partial charge in [-0.3, -0.25) is 0 Å². The number of hydrogen-bond donors (Lipinski definition) is 1. The van der Waals surface area contributed by atoms with Crippen molar-refractivity contribution in [1.29, 1.82) is 0 Å². The van der Waals surface area contributed by atoms with Crippen molar-refractivity contribution < 1.29 is 26.8 Å². The lowest BCUT2D eigenvalue weighted by Gasteiger charge is -2.33. The largest absolute Gasteiger partial charge is 0.487 e. The summed E-state index contributed by atoms with van der Waals surface area (Å²) in [7, 11) is 0. The van der Waals surface area contributed by atoms with E-state index in [4.69, 9.17) is 15.0 Å². The van der Waals surface area contributed by atoms with E-state index in [1.807, 2.05) is 11.8 Å². The molecule has 2 fully saturated rings. The summed E-state index contributed by atoms with van der Waals surface area (Å²) in [5.41, 5.74) is 6.49. The highest BCUT2D eigenvalue weighted by Crippen LogP contribution is 2.32. The van der Waals surface area contributed by atoms with Gasteiger partial charge in [0.25, 0.3) is 0 Å². The molecule has 5 rings (SSSR count). The Morgan fingerprint density at radius 2 is 1.81 bits per heavy atom. The van der Waals surface area contributed by atoms with Gasteiger partial charge >= 0.3 is 12.4 Å². The van der Waals surface area contributed by atoms with Gasteiger partial charge in [-0.2, -0.15) is 4.98 Å². The van der Waals surface area contributed by atoms with E-state index in [9.17, 15) is 17.6 Å². The zero-order valence-electron chi connectivity index (χ0n) is 20.1. The number of nitrogens with two attached hydrogens (primary N) is 1. The minimum atomic E-state index is -2.77. The zero-order chi connectivity index (χ0) is 26.1. The molecular weight excluding hydrogens is 494 g/mol. The SMILES string of the molecule is C[C@H](Oc1cnc(N2C[C@H](c3cc(F)ccc3F)[C@@H](N)C2)nc1)C1CCN(c2nc(C(F)F)no2)CC1. The Morgan fingerprint density at radius 3 is 2.49 bits per heavy atom. The Bertz CT molecular complexity index is 1200. The van der Waals surface area contributed by atoms with Gasteiger partial charge in [0, 0.05) is 38.1 Å². The quantitative estimate of drug-likeness (QED) is 0.466. The van der Waals surface area contributed by atoms with E-state index in [2.05, 4.69) is 20.1 Å². The molecule has 198 valence electrons. The van der Waals surface area contributed by atoms with E-state index in [0.717, 1.165) is 25.0 Å². The molecule has 4 heterocycles. The van der Waals surface area contributed by atoms with Gasteiger partial charge in [0.15, 0.2) is 5.75 Å². The van der Waals surface area contributed by atoms with Gasteiger partial charge in [0.05, 0.1) is 18.5 Å². The molecule has 37 heavy (non-hydrogen) atoms. The average molecular weight is 522 g/mol. The molecule has 9 nitrogen and oxygen atoms in total. The highest BCUT2D eigenvalue weighted by Gasteiger charge is 2.35. The van der Waals surface area contributed by atoms with E-state index in [-0.39, 0.29) is 29.5 Å². The van der Waals surface area contributed by atoms with Gasteiger partial charge < -0.3 is 24.8 Å². The molecule has 0 bridgehead atoms. The van der Waals surface area contributed by atoms with Gasteiger partial charge in [0.2, 0.25) is 11.8 Å². The number of halogens is 4. The van der Waals surface area contributed by atoms with Crippen molar-refractivity contribution in [2.24, 2.45) is 11.7 Å². The van der Waals surface area contributed by atoms with Gasteiger partial charge in [-0.05, 0) is 49.4 Å². The molecule has 13 heteroatoms. The number of piperidine rings is 1. The Morgan fingerprint density at radius 1 is 1.08 bits per heavy atom.